The second-order valence-corrected chi connectivity index (χ2v) is 5.69. The lowest BCUT2D eigenvalue weighted by atomic mass is 10.1. The van der Waals surface area contributed by atoms with Gasteiger partial charge in [-0.2, -0.15) is 0 Å². The van der Waals surface area contributed by atoms with Gasteiger partial charge in [0, 0.05) is 16.7 Å². The van der Waals surface area contributed by atoms with Gasteiger partial charge in [-0.3, -0.25) is 0 Å². The van der Waals surface area contributed by atoms with Crippen LogP contribution < -0.4 is 0 Å². The average molecular weight is 325 g/mol. The van der Waals surface area contributed by atoms with E-state index in [9.17, 15) is 0 Å². The van der Waals surface area contributed by atoms with Crippen molar-refractivity contribution in [2.75, 3.05) is 0 Å². The molecule has 0 fully saturated rings. The zero-order valence-electron chi connectivity index (χ0n) is 14.2. The van der Waals surface area contributed by atoms with Gasteiger partial charge in [-0.25, -0.2) is 15.0 Å². The fraction of sp³-hybridized carbons (Fsp3) is 0.0455. The fourth-order valence-electron chi connectivity index (χ4n) is 2.42. The molecule has 3 aromatic rings. The second-order valence-electron chi connectivity index (χ2n) is 5.69. The first kappa shape index (κ1) is 16.5. The highest BCUT2D eigenvalue weighted by Gasteiger charge is 2.12. The van der Waals surface area contributed by atoms with Crippen LogP contribution in [-0.4, -0.2) is 15.0 Å². The van der Waals surface area contributed by atoms with Gasteiger partial charge in [0.25, 0.3) is 0 Å². The number of nitrogens with zero attached hydrogens (tertiary/aromatic N) is 3. The summed E-state index contributed by atoms with van der Waals surface area (Å²) in [6.07, 6.45) is 3.67. The Morgan fingerprint density at radius 2 is 1.28 bits per heavy atom. The minimum Gasteiger partial charge on any atom is -0.208 e. The molecule has 25 heavy (non-hydrogen) atoms. The lowest BCUT2D eigenvalue weighted by Gasteiger charge is -2.08. The Morgan fingerprint density at radius 3 is 1.68 bits per heavy atom. The quantitative estimate of drug-likeness (QED) is 0.593. The molecule has 0 unspecified atom stereocenters. The number of allylic oxidation sites excluding steroid dienone is 4. The van der Waals surface area contributed by atoms with E-state index in [1.54, 1.807) is 6.08 Å². The summed E-state index contributed by atoms with van der Waals surface area (Å²) < 4.78 is 0. The first-order chi connectivity index (χ1) is 12.2. The van der Waals surface area contributed by atoms with Gasteiger partial charge in [-0.1, -0.05) is 85.5 Å². The molecular weight excluding hydrogens is 306 g/mol. The molecule has 0 aliphatic carbocycles. The Balaban J connectivity index is 2.22. The van der Waals surface area contributed by atoms with Crippen LogP contribution >= 0.6 is 0 Å². The van der Waals surface area contributed by atoms with Crippen LogP contribution in [0, 0.1) is 0 Å². The van der Waals surface area contributed by atoms with Gasteiger partial charge in [-0.15, -0.1) is 0 Å². The summed E-state index contributed by atoms with van der Waals surface area (Å²) >= 11 is 0. The van der Waals surface area contributed by atoms with Gasteiger partial charge < -0.3 is 0 Å². The summed E-state index contributed by atoms with van der Waals surface area (Å²) in [5.41, 5.74) is 3.63. The molecule has 3 nitrogen and oxygen atoms in total. The van der Waals surface area contributed by atoms with Crippen molar-refractivity contribution in [1.82, 2.24) is 15.0 Å². The van der Waals surface area contributed by atoms with E-state index >= 15 is 0 Å². The first-order valence-electron chi connectivity index (χ1n) is 8.04. The Kier molecular flexibility index (Phi) is 4.95. The van der Waals surface area contributed by atoms with Crippen LogP contribution in [0.15, 0.2) is 91.5 Å². The zero-order chi connectivity index (χ0) is 17.6. The maximum atomic E-state index is 4.66. The Morgan fingerprint density at radius 1 is 0.800 bits per heavy atom. The van der Waals surface area contributed by atoms with E-state index < -0.39 is 0 Å². The van der Waals surface area contributed by atoms with E-state index in [1.165, 1.54) is 0 Å². The molecule has 3 rings (SSSR count). The average Bonchev–Trinajstić information content (AvgIpc) is 2.67. The third kappa shape index (κ3) is 3.96. The van der Waals surface area contributed by atoms with Gasteiger partial charge in [0.1, 0.15) is 0 Å². The highest BCUT2D eigenvalue weighted by Crippen LogP contribution is 2.23. The van der Waals surface area contributed by atoms with Crippen molar-refractivity contribution < 1.29 is 0 Å². The summed E-state index contributed by atoms with van der Waals surface area (Å²) in [7, 11) is 0. The van der Waals surface area contributed by atoms with Crippen molar-refractivity contribution in [2.45, 2.75) is 6.92 Å². The summed E-state index contributed by atoms with van der Waals surface area (Å²) in [6.45, 7) is 9.75. The van der Waals surface area contributed by atoms with E-state index in [1.807, 2.05) is 73.7 Å². The van der Waals surface area contributed by atoms with E-state index in [0.717, 1.165) is 22.3 Å². The van der Waals surface area contributed by atoms with Crippen molar-refractivity contribution in [2.24, 2.45) is 0 Å². The normalized spacial score (nSPS) is 11.2. The second kappa shape index (κ2) is 7.49. The van der Waals surface area contributed by atoms with E-state index in [4.69, 9.17) is 0 Å². The molecule has 1 heterocycles. The minimum absolute atomic E-state index is 0.589. The van der Waals surface area contributed by atoms with Gasteiger partial charge in [0.2, 0.25) is 0 Å². The first-order valence-corrected chi connectivity index (χ1v) is 8.04. The smallest absolute Gasteiger partial charge is 0.164 e. The van der Waals surface area contributed by atoms with Gasteiger partial charge in [0.15, 0.2) is 17.5 Å². The van der Waals surface area contributed by atoms with Crippen LogP contribution in [0.2, 0.25) is 0 Å². The van der Waals surface area contributed by atoms with E-state index in [-0.39, 0.29) is 0 Å². The van der Waals surface area contributed by atoms with Crippen molar-refractivity contribution in [3.63, 3.8) is 0 Å². The Labute approximate surface area is 148 Å². The molecule has 0 spiro atoms. The van der Waals surface area contributed by atoms with Crippen LogP contribution in [0.3, 0.4) is 0 Å². The molecule has 122 valence electrons. The number of aromatic nitrogens is 3. The van der Waals surface area contributed by atoms with Crippen molar-refractivity contribution >= 4 is 5.57 Å². The maximum Gasteiger partial charge on any atom is 0.164 e. The van der Waals surface area contributed by atoms with Crippen LogP contribution in [-0.2, 0) is 0 Å². The Bertz CT molecular complexity index is 868. The third-order valence-corrected chi connectivity index (χ3v) is 3.58. The van der Waals surface area contributed by atoms with Gasteiger partial charge in [-0.05, 0) is 13.0 Å². The van der Waals surface area contributed by atoms with Crippen LogP contribution in [0.1, 0.15) is 12.7 Å². The molecule has 1 aromatic heterocycles. The number of hydrogen-bond acceptors (Lipinski definition) is 3. The highest BCUT2D eigenvalue weighted by molar-refractivity contribution is 5.73. The highest BCUT2D eigenvalue weighted by atomic mass is 15.0. The third-order valence-electron chi connectivity index (χ3n) is 3.58. The van der Waals surface area contributed by atoms with E-state index in [2.05, 4.69) is 28.1 Å². The summed E-state index contributed by atoms with van der Waals surface area (Å²) in [6, 6.07) is 19.8. The number of benzene rings is 2. The molecule has 0 N–H and O–H groups in total. The lowest BCUT2D eigenvalue weighted by molar-refractivity contribution is 1.04. The molecule has 0 atom stereocenters. The molecule has 0 radical (unpaired) electrons. The monoisotopic (exact) mass is 325 g/mol. The molecule has 0 amide bonds. The molecule has 0 bridgehead atoms. The number of hydrogen-bond donors (Lipinski definition) is 0. The molecule has 2 aromatic carbocycles. The van der Waals surface area contributed by atoms with E-state index in [0.29, 0.717) is 17.5 Å². The van der Waals surface area contributed by atoms with Crippen LogP contribution in [0.4, 0.5) is 0 Å². The topological polar surface area (TPSA) is 38.7 Å². The molecule has 0 aliphatic heterocycles. The zero-order valence-corrected chi connectivity index (χ0v) is 14.2. The molecular formula is C22H19N3. The SMILES string of the molecule is C=C/C(=C\C(=C)C)c1nc(-c2ccccc2)nc(-c2ccccc2)n1. The van der Waals surface area contributed by atoms with Crippen molar-refractivity contribution in [3.05, 3.63) is 97.4 Å². The predicted octanol–water partition coefficient (Wildman–Crippen LogP) is 5.35. The summed E-state index contributed by atoms with van der Waals surface area (Å²) in [4.78, 5) is 14.0. The van der Waals surface area contributed by atoms with Crippen molar-refractivity contribution in [3.8, 4) is 22.8 Å². The summed E-state index contributed by atoms with van der Waals surface area (Å²) in [5.74, 6) is 1.86. The maximum absolute atomic E-state index is 4.66. The molecule has 0 saturated carbocycles. The van der Waals surface area contributed by atoms with Gasteiger partial charge >= 0.3 is 0 Å². The molecule has 0 aliphatic rings. The largest absolute Gasteiger partial charge is 0.208 e. The Hall–Kier alpha value is -3.33. The lowest BCUT2D eigenvalue weighted by Crippen LogP contribution is -2.02. The standard InChI is InChI=1S/C22H19N3/c1-4-17(15-16(2)3)20-23-21(18-11-7-5-8-12-18)25-22(24-20)19-13-9-6-10-14-19/h4-15H,1-2H2,3H3/b17-15+. The minimum atomic E-state index is 0.589. The predicted molar refractivity (Wildman–Crippen MR) is 104 cm³/mol. The van der Waals surface area contributed by atoms with Gasteiger partial charge in [0.05, 0.1) is 0 Å². The fourth-order valence-corrected chi connectivity index (χ4v) is 2.42. The summed E-state index contributed by atoms with van der Waals surface area (Å²) in [5, 5.41) is 0. The molecule has 3 heteroatoms. The van der Waals surface area contributed by atoms with Crippen LogP contribution in [0.25, 0.3) is 28.3 Å². The van der Waals surface area contributed by atoms with Crippen LogP contribution in [0.5, 0.6) is 0 Å². The number of rotatable bonds is 5. The molecule has 0 saturated heterocycles. The van der Waals surface area contributed by atoms with Crippen molar-refractivity contribution in [1.29, 1.82) is 0 Å².